The number of hydrogen-bond donors (Lipinski definition) is 0. The number of aromatic nitrogens is 1. The summed E-state index contributed by atoms with van der Waals surface area (Å²) in [6.45, 7) is 4.35. The first-order valence-corrected chi connectivity index (χ1v) is 8.35. The van der Waals surface area contributed by atoms with Crippen molar-refractivity contribution in [3.05, 3.63) is 23.9 Å². The fourth-order valence-electron chi connectivity index (χ4n) is 2.23. The summed E-state index contributed by atoms with van der Waals surface area (Å²) in [6.07, 6.45) is 1.46. The Labute approximate surface area is 118 Å². The first-order chi connectivity index (χ1) is 9.43. The summed E-state index contributed by atoms with van der Waals surface area (Å²) in [5.74, 6) is 0.550. The van der Waals surface area contributed by atoms with E-state index in [9.17, 15) is 13.2 Å². The molecule has 1 aliphatic rings. The van der Waals surface area contributed by atoms with Crippen LogP contribution in [0.4, 0.5) is 5.82 Å². The molecule has 110 valence electrons. The number of sulfone groups is 1. The zero-order chi connectivity index (χ0) is 14.8. The van der Waals surface area contributed by atoms with Crippen LogP contribution in [0.5, 0.6) is 0 Å². The van der Waals surface area contributed by atoms with E-state index in [0.29, 0.717) is 24.5 Å². The number of carbonyl (C=O) groups excluding carboxylic acids is 1. The minimum Gasteiger partial charge on any atom is -0.462 e. The summed E-state index contributed by atoms with van der Waals surface area (Å²) in [4.78, 5) is 17.7. The molecule has 0 aromatic carbocycles. The summed E-state index contributed by atoms with van der Waals surface area (Å²) in [7, 11) is -2.95. The van der Waals surface area contributed by atoms with E-state index in [1.807, 2.05) is 11.8 Å². The molecule has 0 amide bonds. The zero-order valence-electron chi connectivity index (χ0n) is 11.6. The first-order valence-electron chi connectivity index (χ1n) is 6.53. The lowest BCUT2D eigenvalue weighted by Gasteiger charge is -2.34. The molecule has 1 aromatic rings. The standard InChI is InChI=1S/C13H18N2O4S/c1-3-19-13(16)11-4-5-12(14-8-11)15-6-7-20(17,18)9-10(15)2/h4-5,8,10H,3,6-7,9H2,1-2H3. The zero-order valence-corrected chi connectivity index (χ0v) is 12.4. The van der Waals surface area contributed by atoms with E-state index < -0.39 is 15.8 Å². The molecule has 2 heterocycles. The van der Waals surface area contributed by atoms with Crippen molar-refractivity contribution >= 4 is 21.6 Å². The van der Waals surface area contributed by atoms with Crippen molar-refractivity contribution in [2.75, 3.05) is 29.6 Å². The van der Waals surface area contributed by atoms with E-state index in [0.717, 1.165) is 0 Å². The lowest BCUT2D eigenvalue weighted by molar-refractivity contribution is 0.0526. The molecule has 20 heavy (non-hydrogen) atoms. The van der Waals surface area contributed by atoms with E-state index in [1.165, 1.54) is 6.20 Å². The molecular formula is C13H18N2O4S. The van der Waals surface area contributed by atoms with Gasteiger partial charge in [-0.25, -0.2) is 18.2 Å². The van der Waals surface area contributed by atoms with Crippen molar-refractivity contribution in [2.24, 2.45) is 0 Å². The Morgan fingerprint density at radius 3 is 2.80 bits per heavy atom. The molecule has 7 heteroatoms. The second-order valence-corrected chi connectivity index (χ2v) is 7.01. The maximum Gasteiger partial charge on any atom is 0.339 e. The van der Waals surface area contributed by atoms with E-state index in [-0.39, 0.29) is 17.5 Å². The van der Waals surface area contributed by atoms with Gasteiger partial charge in [-0.2, -0.15) is 0 Å². The van der Waals surface area contributed by atoms with Crippen LogP contribution in [0.2, 0.25) is 0 Å². The summed E-state index contributed by atoms with van der Waals surface area (Å²) in [5.41, 5.74) is 0.396. The molecule has 0 bridgehead atoms. The molecule has 1 unspecified atom stereocenters. The van der Waals surface area contributed by atoms with Gasteiger partial charge in [0.15, 0.2) is 9.84 Å². The van der Waals surface area contributed by atoms with Crippen molar-refractivity contribution < 1.29 is 17.9 Å². The summed E-state index contributed by atoms with van der Waals surface area (Å²) in [5, 5.41) is 0. The highest BCUT2D eigenvalue weighted by molar-refractivity contribution is 7.91. The van der Waals surface area contributed by atoms with Crippen LogP contribution in [0.1, 0.15) is 24.2 Å². The second kappa shape index (κ2) is 5.78. The minimum absolute atomic E-state index is 0.116. The van der Waals surface area contributed by atoms with E-state index in [2.05, 4.69) is 4.98 Å². The molecule has 0 saturated carbocycles. The third kappa shape index (κ3) is 3.27. The van der Waals surface area contributed by atoms with Crippen LogP contribution in [-0.2, 0) is 14.6 Å². The van der Waals surface area contributed by atoms with Crippen molar-refractivity contribution in [3.63, 3.8) is 0 Å². The highest BCUT2D eigenvalue weighted by Crippen LogP contribution is 2.19. The largest absolute Gasteiger partial charge is 0.462 e. The quantitative estimate of drug-likeness (QED) is 0.771. The summed E-state index contributed by atoms with van der Waals surface area (Å²) in [6, 6.07) is 3.26. The number of ether oxygens (including phenoxy) is 1. The molecule has 1 saturated heterocycles. The van der Waals surface area contributed by atoms with Gasteiger partial charge in [0.25, 0.3) is 0 Å². The molecule has 2 rings (SSSR count). The van der Waals surface area contributed by atoms with E-state index >= 15 is 0 Å². The number of carbonyl (C=O) groups is 1. The van der Waals surface area contributed by atoms with E-state index in [1.54, 1.807) is 19.1 Å². The maximum absolute atomic E-state index is 11.5. The molecule has 0 aliphatic carbocycles. The average molecular weight is 298 g/mol. The molecule has 1 aliphatic heterocycles. The summed E-state index contributed by atoms with van der Waals surface area (Å²) >= 11 is 0. The van der Waals surface area contributed by atoms with Crippen LogP contribution in [0, 0.1) is 0 Å². The maximum atomic E-state index is 11.5. The molecule has 1 atom stereocenters. The third-order valence-electron chi connectivity index (χ3n) is 3.22. The van der Waals surface area contributed by atoms with Crippen LogP contribution in [0.25, 0.3) is 0 Å². The molecule has 0 N–H and O–H groups in total. The van der Waals surface area contributed by atoms with E-state index in [4.69, 9.17) is 4.74 Å². The molecule has 0 spiro atoms. The number of rotatable bonds is 3. The fraction of sp³-hybridized carbons (Fsp3) is 0.538. The van der Waals surface area contributed by atoms with Crippen molar-refractivity contribution in [3.8, 4) is 0 Å². The second-order valence-electron chi connectivity index (χ2n) is 4.78. The van der Waals surface area contributed by atoms with Gasteiger partial charge in [-0.1, -0.05) is 0 Å². The molecule has 6 nitrogen and oxygen atoms in total. The predicted molar refractivity (Wildman–Crippen MR) is 75.7 cm³/mol. The van der Waals surface area contributed by atoms with Crippen molar-refractivity contribution in [2.45, 2.75) is 19.9 Å². The van der Waals surface area contributed by atoms with Gasteiger partial charge < -0.3 is 9.64 Å². The Kier molecular flexibility index (Phi) is 4.27. The molecule has 1 fully saturated rings. The smallest absolute Gasteiger partial charge is 0.339 e. The minimum atomic E-state index is -2.95. The van der Waals surface area contributed by atoms with Gasteiger partial charge >= 0.3 is 5.97 Å². The van der Waals surface area contributed by atoms with Gasteiger partial charge in [0.05, 0.1) is 23.7 Å². The summed E-state index contributed by atoms with van der Waals surface area (Å²) < 4.78 is 28.0. The Morgan fingerprint density at radius 2 is 2.25 bits per heavy atom. The highest BCUT2D eigenvalue weighted by Gasteiger charge is 2.28. The lowest BCUT2D eigenvalue weighted by Crippen LogP contribution is -2.47. The van der Waals surface area contributed by atoms with Gasteiger partial charge in [-0.05, 0) is 26.0 Å². The van der Waals surface area contributed by atoms with Crippen LogP contribution in [-0.4, -0.2) is 50.1 Å². The Bertz CT molecular complexity index is 583. The van der Waals surface area contributed by atoms with Gasteiger partial charge in [-0.3, -0.25) is 0 Å². The van der Waals surface area contributed by atoms with Crippen molar-refractivity contribution in [1.29, 1.82) is 0 Å². The van der Waals surface area contributed by atoms with Crippen LogP contribution in [0.3, 0.4) is 0 Å². The van der Waals surface area contributed by atoms with Gasteiger partial charge in [-0.15, -0.1) is 0 Å². The van der Waals surface area contributed by atoms with Crippen LogP contribution in [0.15, 0.2) is 18.3 Å². The first kappa shape index (κ1) is 14.8. The Balaban J connectivity index is 2.12. The highest BCUT2D eigenvalue weighted by atomic mass is 32.2. The molecule has 1 aromatic heterocycles. The SMILES string of the molecule is CCOC(=O)c1ccc(N2CCS(=O)(=O)CC2C)nc1. The number of nitrogens with zero attached hydrogens (tertiary/aromatic N) is 2. The Hall–Kier alpha value is -1.63. The van der Waals surface area contributed by atoms with Crippen molar-refractivity contribution in [1.82, 2.24) is 4.98 Å². The predicted octanol–water partition coefficient (Wildman–Crippen LogP) is 0.882. The average Bonchev–Trinajstić information content (AvgIpc) is 2.38. The number of esters is 1. The normalized spacial score (nSPS) is 21.5. The molecule has 0 radical (unpaired) electrons. The Morgan fingerprint density at radius 1 is 1.50 bits per heavy atom. The lowest BCUT2D eigenvalue weighted by atomic mass is 10.2. The fourth-order valence-corrected chi connectivity index (χ4v) is 3.79. The van der Waals surface area contributed by atoms with Crippen LogP contribution >= 0.6 is 0 Å². The topological polar surface area (TPSA) is 76.6 Å². The molecular weight excluding hydrogens is 280 g/mol. The van der Waals surface area contributed by atoms with Gasteiger partial charge in [0.1, 0.15) is 5.82 Å². The third-order valence-corrected chi connectivity index (χ3v) is 5.02. The number of pyridine rings is 1. The number of anilines is 1. The van der Waals surface area contributed by atoms with Gasteiger partial charge in [0.2, 0.25) is 0 Å². The van der Waals surface area contributed by atoms with Crippen LogP contribution < -0.4 is 4.90 Å². The van der Waals surface area contributed by atoms with Gasteiger partial charge in [0, 0.05) is 18.8 Å². The monoisotopic (exact) mass is 298 g/mol. The number of hydrogen-bond acceptors (Lipinski definition) is 6.